The lowest BCUT2D eigenvalue weighted by atomic mass is 9.98. The molecule has 0 unspecified atom stereocenters. The molecule has 0 radical (unpaired) electrons. The third kappa shape index (κ3) is 5.50. The summed E-state index contributed by atoms with van der Waals surface area (Å²) in [5.74, 6) is -2.84. The minimum Gasteiger partial charge on any atom is -0.478 e. The Morgan fingerprint density at radius 3 is 2.38 bits per heavy atom. The van der Waals surface area contributed by atoms with Crippen LogP contribution in [-0.4, -0.2) is 32.8 Å². The number of hydrogen-bond donors (Lipinski definition) is 1. The van der Waals surface area contributed by atoms with E-state index in [1.807, 2.05) is 19.1 Å². The number of esters is 1. The normalized spacial score (nSPS) is 11.6. The molecule has 0 aliphatic heterocycles. The van der Waals surface area contributed by atoms with Gasteiger partial charge in [-0.25, -0.2) is 14.6 Å². The van der Waals surface area contributed by atoms with Crippen molar-refractivity contribution in [3.63, 3.8) is 0 Å². The molecule has 0 bridgehead atoms. The molecule has 4 aromatic rings. The SMILES string of the molecule is CCCCc1nc2c(C)ccc(OC(=O)C(F)(F)F)c2n1Cc1ccc(-c2ccccc2C(=O)O)cc1. The maximum absolute atomic E-state index is 13.0. The fraction of sp³-hybridized carbons (Fsp3) is 0.250. The van der Waals surface area contributed by atoms with Gasteiger partial charge in [-0.3, -0.25) is 0 Å². The first-order valence-corrected chi connectivity index (χ1v) is 11.8. The monoisotopic (exact) mass is 510 g/mol. The van der Waals surface area contributed by atoms with Crippen molar-refractivity contribution in [3.8, 4) is 16.9 Å². The third-order valence-electron chi connectivity index (χ3n) is 6.09. The molecule has 0 atom stereocenters. The number of imidazole rings is 1. The Bertz CT molecular complexity index is 1460. The molecule has 0 saturated carbocycles. The molecule has 9 heteroatoms. The van der Waals surface area contributed by atoms with E-state index < -0.39 is 18.1 Å². The number of carbonyl (C=O) groups is 2. The summed E-state index contributed by atoms with van der Waals surface area (Å²) in [5, 5.41) is 9.50. The molecule has 37 heavy (non-hydrogen) atoms. The van der Waals surface area contributed by atoms with Gasteiger partial charge in [0.15, 0.2) is 5.75 Å². The number of carbonyl (C=O) groups excluding carboxylic acids is 1. The summed E-state index contributed by atoms with van der Waals surface area (Å²) < 4.78 is 45.4. The van der Waals surface area contributed by atoms with Gasteiger partial charge in [-0.05, 0) is 47.7 Å². The first-order valence-electron chi connectivity index (χ1n) is 11.8. The molecule has 0 saturated heterocycles. The molecule has 0 amide bonds. The van der Waals surface area contributed by atoms with Crippen LogP contribution >= 0.6 is 0 Å². The predicted octanol–water partition coefficient (Wildman–Crippen LogP) is 6.57. The van der Waals surface area contributed by atoms with Crippen LogP contribution in [0.25, 0.3) is 22.2 Å². The largest absolute Gasteiger partial charge is 0.491 e. The summed E-state index contributed by atoms with van der Waals surface area (Å²) in [7, 11) is 0. The van der Waals surface area contributed by atoms with Gasteiger partial charge in [-0.2, -0.15) is 13.2 Å². The van der Waals surface area contributed by atoms with E-state index in [-0.39, 0.29) is 17.9 Å². The fourth-order valence-corrected chi connectivity index (χ4v) is 4.21. The highest BCUT2D eigenvalue weighted by Gasteiger charge is 2.42. The number of halogens is 3. The van der Waals surface area contributed by atoms with Crippen LogP contribution in [0.2, 0.25) is 0 Å². The molecular weight excluding hydrogens is 485 g/mol. The van der Waals surface area contributed by atoms with Crippen LogP contribution in [0.4, 0.5) is 13.2 Å². The number of aromatic nitrogens is 2. The smallest absolute Gasteiger partial charge is 0.478 e. The molecule has 0 aliphatic carbocycles. The lowest BCUT2D eigenvalue weighted by Crippen LogP contribution is -2.28. The van der Waals surface area contributed by atoms with Crippen molar-refractivity contribution < 1.29 is 32.6 Å². The van der Waals surface area contributed by atoms with Gasteiger partial charge in [0, 0.05) is 13.0 Å². The molecule has 4 rings (SSSR count). The highest BCUT2D eigenvalue weighted by Crippen LogP contribution is 2.33. The third-order valence-corrected chi connectivity index (χ3v) is 6.09. The van der Waals surface area contributed by atoms with Crippen LogP contribution in [0, 0.1) is 6.92 Å². The van der Waals surface area contributed by atoms with Crippen LogP contribution in [0.1, 0.15) is 47.1 Å². The topological polar surface area (TPSA) is 81.4 Å². The van der Waals surface area contributed by atoms with Crippen molar-refractivity contribution >= 4 is 23.0 Å². The molecule has 1 N–H and O–H groups in total. The van der Waals surface area contributed by atoms with Gasteiger partial charge in [0.1, 0.15) is 11.3 Å². The van der Waals surface area contributed by atoms with Crippen LogP contribution in [0.5, 0.6) is 5.75 Å². The first-order chi connectivity index (χ1) is 17.6. The van der Waals surface area contributed by atoms with Crippen molar-refractivity contribution in [1.82, 2.24) is 9.55 Å². The van der Waals surface area contributed by atoms with Crippen molar-refractivity contribution in [2.24, 2.45) is 0 Å². The summed E-state index contributed by atoms with van der Waals surface area (Å²) in [6.07, 6.45) is -2.81. The Kier molecular flexibility index (Phi) is 7.33. The zero-order valence-electron chi connectivity index (χ0n) is 20.3. The molecular formula is C28H25F3N2O4. The Balaban J connectivity index is 1.76. The van der Waals surface area contributed by atoms with Crippen molar-refractivity contribution in [2.75, 3.05) is 0 Å². The molecule has 0 spiro atoms. The lowest BCUT2D eigenvalue weighted by molar-refractivity contribution is -0.189. The Morgan fingerprint density at radius 2 is 1.73 bits per heavy atom. The van der Waals surface area contributed by atoms with Crippen molar-refractivity contribution in [3.05, 3.63) is 83.2 Å². The lowest BCUT2D eigenvalue weighted by Gasteiger charge is -2.14. The number of carboxylic acid groups (broad SMARTS) is 1. The second-order valence-corrected chi connectivity index (χ2v) is 8.73. The summed E-state index contributed by atoms with van der Waals surface area (Å²) in [6.45, 7) is 4.10. The standard InChI is InChI=1S/C28H25F3N2O4/c1-3-4-9-23-32-24-17(2)10-15-22(37-27(36)28(29,30)31)25(24)33(23)16-18-11-13-19(14-12-18)20-7-5-6-8-21(20)26(34)35/h5-8,10-15H,3-4,9,16H2,1-2H3,(H,34,35). The van der Waals surface area contributed by atoms with E-state index in [9.17, 15) is 27.9 Å². The van der Waals surface area contributed by atoms with Crippen LogP contribution in [0.15, 0.2) is 60.7 Å². The maximum atomic E-state index is 13.0. The molecule has 1 heterocycles. The van der Waals surface area contributed by atoms with E-state index in [0.717, 1.165) is 29.5 Å². The number of benzene rings is 3. The Morgan fingerprint density at radius 1 is 1.03 bits per heavy atom. The summed E-state index contributed by atoms with van der Waals surface area (Å²) in [4.78, 5) is 27.9. The van der Waals surface area contributed by atoms with E-state index in [0.29, 0.717) is 28.8 Å². The number of carboxylic acids is 1. The number of nitrogens with zero attached hydrogens (tertiary/aromatic N) is 2. The predicted molar refractivity (Wildman–Crippen MR) is 133 cm³/mol. The van der Waals surface area contributed by atoms with Gasteiger partial charge in [0.25, 0.3) is 0 Å². The number of hydrogen-bond acceptors (Lipinski definition) is 4. The summed E-state index contributed by atoms with van der Waals surface area (Å²) in [6, 6.07) is 16.9. The van der Waals surface area contributed by atoms with Gasteiger partial charge in [0.05, 0.1) is 11.1 Å². The van der Waals surface area contributed by atoms with Crippen LogP contribution in [-0.2, 0) is 17.8 Å². The second kappa shape index (κ2) is 10.5. The van der Waals surface area contributed by atoms with Crippen LogP contribution < -0.4 is 4.74 Å². The van der Waals surface area contributed by atoms with Gasteiger partial charge < -0.3 is 14.4 Å². The first kappa shape index (κ1) is 25.9. The Labute approximate surface area is 211 Å². The highest BCUT2D eigenvalue weighted by molar-refractivity contribution is 5.96. The van der Waals surface area contributed by atoms with E-state index in [1.54, 1.807) is 47.9 Å². The quantitative estimate of drug-likeness (QED) is 0.214. The van der Waals surface area contributed by atoms with E-state index in [4.69, 9.17) is 9.72 Å². The van der Waals surface area contributed by atoms with Crippen molar-refractivity contribution in [1.29, 1.82) is 0 Å². The number of fused-ring (bicyclic) bond motifs is 1. The summed E-state index contributed by atoms with van der Waals surface area (Å²) >= 11 is 0. The second-order valence-electron chi connectivity index (χ2n) is 8.73. The average Bonchev–Trinajstić information content (AvgIpc) is 3.23. The van der Waals surface area contributed by atoms with Gasteiger partial charge >= 0.3 is 18.1 Å². The van der Waals surface area contributed by atoms with E-state index >= 15 is 0 Å². The van der Waals surface area contributed by atoms with E-state index in [1.165, 1.54) is 12.1 Å². The minimum absolute atomic E-state index is 0.185. The van der Waals surface area contributed by atoms with Gasteiger partial charge in [-0.1, -0.05) is 61.9 Å². The molecule has 3 aromatic carbocycles. The van der Waals surface area contributed by atoms with Crippen molar-refractivity contribution in [2.45, 2.75) is 45.8 Å². The number of ether oxygens (including phenoxy) is 1. The Hall–Kier alpha value is -4.14. The minimum atomic E-state index is -5.13. The average molecular weight is 511 g/mol. The summed E-state index contributed by atoms with van der Waals surface area (Å²) in [5.41, 5.74) is 3.86. The molecule has 0 fully saturated rings. The zero-order chi connectivity index (χ0) is 26.7. The number of alkyl halides is 3. The maximum Gasteiger partial charge on any atom is 0.491 e. The highest BCUT2D eigenvalue weighted by atomic mass is 19.4. The molecule has 1 aromatic heterocycles. The van der Waals surface area contributed by atoms with E-state index in [2.05, 4.69) is 0 Å². The fourth-order valence-electron chi connectivity index (χ4n) is 4.21. The van der Waals surface area contributed by atoms with Gasteiger partial charge in [0.2, 0.25) is 0 Å². The molecule has 6 nitrogen and oxygen atoms in total. The zero-order valence-corrected chi connectivity index (χ0v) is 20.3. The van der Waals surface area contributed by atoms with Gasteiger partial charge in [-0.15, -0.1) is 0 Å². The number of unbranched alkanes of at least 4 members (excludes halogenated alkanes) is 1. The number of aromatic carboxylic acids is 1. The molecule has 192 valence electrons. The van der Waals surface area contributed by atoms with Crippen LogP contribution in [0.3, 0.4) is 0 Å². The number of rotatable bonds is 8. The molecule has 0 aliphatic rings. The number of aryl methyl sites for hydroxylation is 2.